The molecule has 11 N–H and O–H groups in total. The van der Waals surface area contributed by atoms with Crippen molar-refractivity contribution in [3.8, 4) is 0 Å². The molecule has 3 amide bonds. The second kappa shape index (κ2) is 15.5. The maximum absolute atomic E-state index is 12.7. The van der Waals surface area contributed by atoms with Gasteiger partial charge in [0.2, 0.25) is 17.7 Å². The van der Waals surface area contributed by atoms with Crippen LogP contribution in [0.5, 0.6) is 0 Å². The maximum Gasteiger partial charge on any atom is 0.328 e. The fourth-order valence-electron chi connectivity index (χ4n) is 2.73. The Balaban J connectivity index is 5.00. The van der Waals surface area contributed by atoms with Crippen molar-refractivity contribution in [1.82, 2.24) is 16.0 Å². The minimum Gasteiger partial charge on any atom is -0.480 e. The number of nitrogens with two attached hydrogens (primary N) is 3. The molecule has 0 fully saturated rings. The van der Waals surface area contributed by atoms with Gasteiger partial charge in [-0.3, -0.25) is 14.4 Å². The summed E-state index contributed by atoms with van der Waals surface area (Å²) >= 11 is 0. The number of aliphatic hydroxyl groups is 1. The van der Waals surface area contributed by atoms with Gasteiger partial charge in [-0.15, -0.1) is 0 Å². The van der Waals surface area contributed by atoms with Gasteiger partial charge in [0, 0.05) is 0 Å². The van der Waals surface area contributed by atoms with Crippen LogP contribution in [-0.4, -0.2) is 77.3 Å². The predicted molar refractivity (Wildman–Crippen MR) is 115 cm³/mol. The molecule has 12 nitrogen and oxygen atoms in total. The lowest BCUT2D eigenvalue weighted by molar-refractivity contribution is -0.145. The van der Waals surface area contributed by atoms with E-state index in [1.54, 1.807) is 0 Å². The highest BCUT2D eigenvalue weighted by Gasteiger charge is 2.29. The van der Waals surface area contributed by atoms with Gasteiger partial charge in [-0.1, -0.05) is 6.42 Å². The predicted octanol–water partition coefficient (Wildman–Crippen LogP) is -2.49. The van der Waals surface area contributed by atoms with Crippen LogP contribution in [0, 0.1) is 0 Å². The summed E-state index contributed by atoms with van der Waals surface area (Å²) in [4.78, 5) is 48.4. The molecular formula is C19H38N6O6. The van der Waals surface area contributed by atoms with E-state index in [1.807, 2.05) is 0 Å². The van der Waals surface area contributed by atoms with Crippen LogP contribution in [0.2, 0.25) is 0 Å². The van der Waals surface area contributed by atoms with E-state index in [1.165, 1.54) is 13.8 Å². The Labute approximate surface area is 182 Å². The Morgan fingerprint density at radius 3 is 1.84 bits per heavy atom. The fraction of sp³-hybridized carbons (Fsp3) is 0.789. The second-order valence-electron chi connectivity index (χ2n) is 7.53. The Morgan fingerprint density at radius 2 is 1.35 bits per heavy atom. The Bertz CT molecular complexity index is 588. The van der Waals surface area contributed by atoms with Crippen molar-refractivity contribution < 1.29 is 29.4 Å². The Morgan fingerprint density at radius 1 is 0.806 bits per heavy atom. The van der Waals surface area contributed by atoms with Crippen LogP contribution in [0.3, 0.4) is 0 Å². The lowest BCUT2D eigenvalue weighted by Crippen LogP contribution is -2.57. The molecule has 0 radical (unpaired) electrons. The van der Waals surface area contributed by atoms with Gasteiger partial charge in [-0.25, -0.2) is 4.79 Å². The first-order valence-electron chi connectivity index (χ1n) is 10.5. The number of aliphatic hydroxyl groups excluding tert-OH is 1. The average molecular weight is 447 g/mol. The molecule has 0 rings (SSSR count). The van der Waals surface area contributed by atoms with E-state index < -0.39 is 54.0 Å². The molecule has 0 aromatic rings. The van der Waals surface area contributed by atoms with Crippen molar-refractivity contribution in [3.05, 3.63) is 0 Å². The van der Waals surface area contributed by atoms with Crippen LogP contribution < -0.4 is 33.2 Å². The number of hydrogen-bond donors (Lipinski definition) is 8. The number of carbonyl (C=O) groups excluding carboxylic acids is 3. The van der Waals surface area contributed by atoms with Crippen LogP contribution in [0.1, 0.15) is 52.4 Å². The smallest absolute Gasteiger partial charge is 0.328 e. The zero-order chi connectivity index (χ0) is 24.0. The number of amides is 3. The number of hydrogen-bond acceptors (Lipinski definition) is 8. The molecule has 0 aliphatic carbocycles. The number of carboxylic acid groups (broad SMARTS) is 1. The molecule has 0 aliphatic heterocycles. The zero-order valence-corrected chi connectivity index (χ0v) is 18.3. The van der Waals surface area contributed by atoms with Crippen LogP contribution in [0.15, 0.2) is 0 Å². The SMILES string of the molecule is CC(NC(=O)C(CCCCN)NC(=O)C(N)CCCCN)C(=O)NC(C(=O)O)C(C)O. The summed E-state index contributed by atoms with van der Waals surface area (Å²) in [5.74, 6) is -3.28. The molecule has 0 aromatic carbocycles. The van der Waals surface area contributed by atoms with Gasteiger partial charge >= 0.3 is 5.97 Å². The normalized spacial score (nSPS) is 15.8. The van der Waals surface area contributed by atoms with Crippen LogP contribution in [0.4, 0.5) is 0 Å². The highest BCUT2D eigenvalue weighted by Crippen LogP contribution is 2.05. The Kier molecular flexibility index (Phi) is 14.4. The van der Waals surface area contributed by atoms with Crippen molar-refractivity contribution in [1.29, 1.82) is 0 Å². The van der Waals surface area contributed by atoms with Crippen molar-refractivity contribution >= 4 is 23.7 Å². The molecule has 0 bridgehead atoms. The third-order valence-corrected chi connectivity index (χ3v) is 4.68. The number of rotatable bonds is 16. The third-order valence-electron chi connectivity index (χ3n) is 4.68. The number of carbonyl (C=O) groups is 4. The van der Waals surface area contributed by atoms with E-state index in [0.717, 1.165) is 6.42 Å². The van der Waals surface area contributed by atoms with Crippen molar-refractivity contribution in [2.24, 2.45) is 17.2 Å². The minimum absolute atomic E-state index is 0.296. The molecule has 0 heterocycles. The summed E-state index contributed by atoms with van der Waals surface area (Å²) in [5, 5.41) is 25.8. The standard InChI is InChI=1S/C19H38N6O6/c1-11(16(27)25-15(12(2)26)19(30)31)23-18(29)14(8-4-6-10-21)24-17(28)13(22)7-3-5-9-20/h11-15,26H,3-10,20-22H2,1-2H3,(H,23,29)(H,24,28)(H,25,27)(H,30,31). The van der Waals surface area contributed by atoms with E-state index in [4.69, 9.17) is 22.3 Å². The minimum atomic E-state index is -1.52. The highest BCUT2D eigenvalue weighted by atomic mass is 16.4. The first kappa shape index (κ1) is 28.7. The second-order valence-corrected chi connectivity index (χ2v) is 7.53. The molecule has 180 valence electrons. The monoisotopic (exact) mass is 446 g/mol. The van der Waals surface area contributed by atoms with Gasteiger partial charge in [0.15, 0.2) is 6.04 Å². The Hall–Kier alpha value is -2.28. The number of nitrogens with one attached hydrogen (secondary N) is 3. The third kappa shape index (κ3) is 11.6. The zero-order valence-electron chi connectivity index (χ0n) is 18.3. The largest absolute Gasteiger partial charge is 0.480 e. The quantitative estimate of drug-likeness (QED) is 0.117. The number of aliphatic carboxylic acids is 1. The summed E-state index contributed by atoms with van der Waals surface area (Å²) in [6.07, 6.45) is 2.03. The van der Waals surface area contributed by atoms with Gasteiger partial charge < -0.3 is 43.4 Å². The molecule has 0 aliphatic rings. The van der Waals surface area contributed by atoms with E-state index in [0.29, 0.717) is 45.2 Å². The van der Waals surface area contributed by atoms with Gasteiger partial charge in [-0.05, 0) is 59.0 Å². The fourth-order valence-corrected chi connectivity index (χ4v) is 2.73. The van der Waals surface area contributed by atoms with Crippen LogP contribution >= 0.6 is 0 Å². The van der Waals surface area contributed by atoms with Gasteiger partial charge in [0.05, 0.1) is 12.1 Å². The molecule has 0 saturated heterocycles. The van der Waals surface area contributed by atoms with Crippen LogP contribution in [0.25, 0.3) is 0 Å². The lowest BCUT2D eigenvalue weighted by atomic mass is 10.1. The van der Waals surface area contributed by atoms with Crippen molar-refractivity contribution in [3.63, 3.8) is 0 Å². The maximum atomic E-state index is 12.7. The molecule has 31 heavy (non-hydrogen) atoms. The first-order valence-corrected chi connectivity index (χ1v) is 10.5. The van der Waals surface area contributed by atoms with Crippen molar-refractivity contribution in [2.45, 2.75) is 82.6 Å². The average Bonchev–Trinajstić information content (AvgIpc) is 2.70. The topological polar surface area (TPSA) is 223 Å². The molecule has 0 aromatic heterocycles. The summed E-state index contributed by atoms with van der Waals surface area (Å²) in [5.41, 5.74) is 16.8. The van der Waals surface area contributed by atoms with Gasteiger partial charge in [-0.2, -0.15) is 0 Å². The molecule has 0 spiro atoms. The molecule has 5 unspecified atom stereocenters. The van der Waals surface area contributed by atoms with E-state index >= 15 is 0 Å². The van der Waals surface area contributed by atoms with Gasteiger partial charge in [0.1, 0.15) is 12.1 Å². The lowest BCUT2D eigenvalue weighted by Gasteiger charge is -2.24. The number of carboxylic acids is 1. The highest BCUT2D eigenvalue weighted by molar-refractivity contribution is 5.93. The van der Waals surface area contributed by atoms with Crippen molar-refractivity contribution in [2.75, 3.05) is 13.1 Å². The number of unbranched alkanes of at least 4 members (excludes halogenated alkanes) is 2. The van der Waals surface area contributed by atoms with E-state index in [9.17, 15) is 24.3 Å². The van der Waals surface area contributed by atoms with Gasteiger partial charge in [0.25, 0.3) is 0 Å². The first-order chi connectivity index (χ1) is 14.5. The summed E-state index contributed by atoms with van der Waals surface area (Å²) in [6, 6.07) is -4.33. The summed E-state index contributed by atoms with van der Waals surface area (Å²) < 4.78 is 0. The molecular weight excluding hydrogens is 408 g/mol. The van der Waals surface area contributed by atoms with Crippen LogP contribution in [-0.2, 0) is 19.2 Å². The summed E-state index contributed by atoms with van der Waals surface area (Å²) in [7, 11) is 0. The van der Waals surface area contributed by atoms with E-state index in [2.05, 4.69) is 16.0 Å². The molecule has 12 heteroatoms. The summed E-state index contributed by atoms with van der Waals surface area (Å²) in [6.45, 7) is 3.51. The molecule has 0 saturated carbocycles. The molecule has 5 atom stereocenters. The van der Waals surface area contributed by atoms with E-state index in [-0.39, 0.29) is 0 Å².